The van der Waals surface area contributed by atoms with E-state index < -0.39 is 12.1 Å². The molecule has 8 heteroatoms. The van der Waals surface area contributed by atoms with Crippen molar-refractivity contribution >= 4 is 28.3 Å². The van der Waals surface area contributed by atoms with E-state index in [1.807, 2.05) is 0 Å². The second-order valence-electron chi connectivity index (χ2n) is 6.35. The van der Waals surface area contributed by atoms with E-state index in [0.29, 0.717) is 41.0 Å². The van der Waals surface area contributed by atoms with E-state index in [0.717, 1.165) is 0 Å². The van der Waals surface area contributed by atoms with Crippen LogP contribution in [0.5, 0.6) is 0 Å². The summed E-state index contributed by atoms with van der Waals surface area (Å²) < 4.78 is 6.48. The van der Waals surface area contributed by atoms with Gasteiger partial charge in [0.15, 0.2) is 0 Å². The highest BCUT2D eigenvalue weighted by molar-refractivity contribution is 6.00. The number of fused-ring (bicyclic) bond motifs is 1. The average Bonchev–Trinajstić information content (AvgIpc) is 2.67. The minimum atomic E-state index is -0.621. The number of aliphatic hydroxyl groups is 1. The van der Waals surface area contributed by atoms with Crippen molar-refractivity contribution in [3.05, 3.63) is 64.7 Å². The Bertz CT molecular complexity index is 1050. The van der Waals surface area contributed by atoms with Gasteiger partial charge in [-0.3, -0.25) is 9.36 Å². The van der Waals surface area contributed by atoms with Gasteiger partial charge < -0.3 is 20.5 Å². The van der Waals surface area contributed by atoms with Gasteiger partial charge in [-0.1, -0.05) is 12.1 Å². The number of urea groups is 1. The molecule has 8 nitrogen and oxygen atoms in total. The van der Waals surface area contributed by atoms with Crippen LogP contribution in [0.25, 0.3) is 10.9 Å². The number of nitrogens with one attached hydrogen (secondary N) is 2. The number of nitrogens with zero attached hydrogens (tertiary/aromatic N) is 2. The first-order valence-electron chi connectivity index (χ1n) is 8.82. The molecule has 0 aliphatic carbocycles. The maximum atomic E-state index is 12.4. The van der Waals surface area contributed by atoms with E-state index >= 15 is 0 Å². The maximum Gasteiger partial charge on any atom is 0.323 e. The Morgan fingerprint density at radius 1 is 1.21 bits per heavy atom. The van der Waals surface area contributed by atoms with Crippen molar-refractivity contribution in [1.82, 2.24) is 9.55 Å². The third-order valence-corrected chi connectivity index (χ3v) is 4.25. The standard InChI is InChI=1S/C20H22N4O4/c1-13(25)14-4-3-5-15(10-14)22-20(27)23-16-6-7-17-18(11-16)21-12-24(19(17)26)8-9-28-2/h3-7,10-13,25H,8-9H2,1-2H3,(H2,22,23,27). The zero-order valence-electron chi connectivity index (χ0n) is 15.7. The molecule has 1 aromatic heterocycles. The second kappa shape index (κ2) is 8.64. The van der Waals surface area contributed by atoms with Crippen LogP contribution < -0.4 is 16.2 Å². The summed E-state index contributed by atoms with van der Waals surface area (Å²) in [6.45, 7) is 2.50. The summed E-state index contributed by atoms with van der Waals surface area (Å²) >= 11 is 0. The molecule has 2 aromatic carbocycles. The van der Waals surface area contributed by atoms with Crippen LogP contribution in [-0.4, -0.2) is 34.4 Å². The lowest BCUT2D eigenvalue weighted by molar-refractivity contribution is 0.186. The zero-order chi connectivity index (χ0) is 20.1. The number of methoxy groups -OCH3 is 1. The van der Waals surface area contributed by atoms with Crippen LogP contribution in [0.1, 0.15) is 18.6 Å². The fourth-order valence-electron chi connectivity index (χ4n) is 2.75. The summed E-state index contributed by atoms with van der Waals surface area (Å²) in [5.41, 5.74) is 2.12. The van der Waals surface area contributed by atoms with Crippen molar-refractivity contribution in [2.75, 3.05) is 24.4 Å². The third kappa shape index (κ3) is 4.54. The normalized spacial score (nSPS) is 12.0. The predicted octanol–water partition coefficient (Wildman–Crippen LogP) is 2.74. The summed E-state index contributed by atoms with van der Waals surface area (Å²) in [6.07, 6.45) is 0.846. The van der Waals surface area contributed by atoms with Crippen molar-refractivity contribution in [3.63, 3.8) is 0 Å². The molecular formula is C20H22N4O4. The highest BCUT2D eigenvalue weighted by atomic mass is 16.5. The van der Waals surface area contributed by atoms with Gasteiger partial charge in [0.1, 0.15) is 0 Å². The number of amides is 2. The van der Waals surface area contributed by atoms with Crippen LogP contribution in [-0.2, 0) is 11.3 Å². The van der Waals surface area contributed by atoms with E-state index in [-0.39, 0.29) is 5.56 Å². The van der Waals surface area contributed by atoms with Gasteiger partial charge in [0.25, 0.3) is 5.56 Å². The lowest BCUT2D eigenvalue weighted by Gasteiger charge is -2.11. The third-order valence-electron chi connectivity index (χ3n) is 4.25. The first kappa shape index (κ1) is 19.5. The molecule has 0 radical (unpaired) electrons. The van der Waals surface area contributed by atoms with Crippen molar-refractivity contribution in [2.45, 2.75) is 19.6 Å². The molecule has 1 atom stereocenters. The van der Waals surface area contributed by atoms with Gasteiger partial charge in [0, 0.05) is 18.5 Å². The quantitative estimate of drug-likeness (QED) is 0.608. The minimum Gasteiger partial charge on any atom is -0.389 e. The molecule has 0 aliphatic rings. The van der Waals surface area contributed by atoms with Gasteiger partial charge in [0.2, 0.25) is 0 Å². The van der Waals surface area contributed by atoms with Crippen LogP contribution in [0.2, 0.25) is 0 Å². The second-order valence-corrected chi connectivity index (χ2v) is 6.35. The first-order valence-corrected chi connectivity index (χ1v) is 8.82. The predicted molar refractivity (Wildman–Crippen MR) is 108 cm³/mol. The number of ether oxygens (including phenoxy) is 1. The molecule has 0 bridgehead atoms. The number of carbonyl (C=O) groups is 1. The smallest absolute Gasteiger partial charge is 0.323 e. The molecule has 2 amide bonds. The molecule has 1 heterocycles. The molecule has 0 fully saturated rings. The summed E-state index contributed by atoms with van der Waals surface area (Å²) in [6, 6.07) is 11.5. The van der Waals surface area contributed by atoms with Crippen molar-refractivity contribution in [1.29, 1.82) is 0 Å². The molecule has 0 saturated carbocycles. The fraction of sp³-hybridized carbons (Fsp3) is 0.250. The number of anilines is 2. The van der Waals surface area contributed by atoms with Gasteiger partial charge in [-0.05, 0) is 42.8 Å². The molecular weight excluding hydrogens is 360 g/mol. The molecule has 3 aromatic rings. The van der Waals surface area contributed by atoms with E-state index in [1.54, 1.807) is 56.5 Å². The Labute approximate surface area is 161 Å². The lowest BCUT2D eigenvalue weighted by atomic mass is 10.1. The Morgan fingerprint density at radius 3 is 2.68 bits per heavy atom. The topological polar surface area (TPSA) is 105 Å². The van der Waals surface area contributed by atoms with Crippen LogP contribution in [0.15, 0.2) is 53.6 Å². The SMILES string of the molecule is COCCn1cnc2cc(NC(=O)Nc3cccc(C(C)O)c3)ccc2c1=O. The van der Waals surface area contributed by atoms with E-state index in [9.17, 15) is 14.7 Å². The van der Waals surface area contributed by atoms with Crippen LogP contribution in [0.4, 0.5) is 16.2 Å². The number of carbonyl (C=O) groups excluding carboxylic acids is 1. The molecule has 1 unspecified atom stereocenters. The average molecular weight is 382 g/mol. The van der Waals surface area contributed by atoms with Gasteiger partial charge in [-0.15, -0.1) is 0 Å². The van der Waals surface area contributed by atoms with Gasteiger partial charge in [0.05, 0.1) is 36.5 Å². The summed E-state index contributed by atoms with van der Waals surface area (Å²) in [5.74, 6) is 0. The summed E-state index contributed by atoms with van der Waals surface area (Å²) in [5, 5.41) is 15.5. The fourth-order valence-corrected chi connectivity index (χ4v) is 2.75. The highest BCUT2D eigenvalue weighted by Crippen LogP contribution is 2.18. The number of hydrogen-bond acceptors (Lipinski definition) is 5. The Balaban J connectivity index is 1.74. The maximum absolute atomic E-state index is 12.4. The van der Waals surface area contributed by atoms with E-state index in [2.05, 4.69) is 15.6 Å². The van der Waals surface area contributed by atoms with Gasteiger partial charge >= 0.3 is 6.03 Å². The molecule has 146 valence electrons. The van der Waals surface area contributed by atoms with Crippen LogP contribution in [0, 0.1) is 0 Å². The molecule has 28 heavy (non-hydrogen) atoms. The number of aliphatic hydroxyl groups excluding tert-OH is 1. The number of benzene rings is 2. The molecule has 0 saturated heterocycles. The summed E-state index contributed by atoms with van der Waals surface area (Å²) in [7, 11) is 1.57. The monoisotopic (exact) mass is 382 g/mol. The zero-order valence-corrected chi connectivity index (χ0v) is 15.7. The van der Waals surface area contributed by atoms with Crippen LogP contribution in [0.3, 0.4) is 0 Å². The molecule has 3 N–H and O–H groups in total. The summed E-state index contributed by atoms with van der Waals surface area (Å²) in [4.78, 5) is 29.0. The first-order chi connectivity index (χ1) is 13.5. The Morgan fingerprint density at radius 2 is 1.96 bits per heavy atom. The number of hydrogen-bond donors (Lipinski definition) is 3. The van der Waals surface area contributed by atoms with E-state index in [1.165, 1.54) is 10.9 Å². The van der Waals surface area contributed by atoms with Crippen LogP contribution >= 0.6 is 0 Å². The van der Waals surface area contributed by atoms with E-state index in [4.69, 9.17) is 4.74 Å². The van der Waals surface area contributed by atoms with Crippen molar-refractivity contribution in [2.24, 2.45) is 0 Å². The molecule has 0 aliphatic heterocycles. The Hall–Kier alpha value is -3.23. The Kier molecular flexibility index (Phi) is 6.03. The minimum absolute atomic E-state index is 0.159. The lowest BCUT2D eigenvalue weighted by Crippen LogP contribution is -2.23. The number of aromatic nitrogens is 2. The highest BCUT2D eigenvalue weighted by Gasteiger charge is 2.08. The molecule has 0 spiro atoms. The van der Waals surface area contributed by atoms with Gasteiger partial charge in [-0.25, -0.2) is 9.78 Å². The van der Waals surface area contributed by atoms with Crippen molar-refractivity contribution < 1.29 is 14.6 Å². The number of rotatable bonds is 6. The largest absolute Gasteiger partial charge is 0.389 e. The molecule has 3 rings (SSSR count). The van der Waals surface area contributed by atoms with Crippen molar-refractivity contribution in [3.8, 4) is 0 Å². The van der Waals surface area contributed by atoms with Gasteiger partial charge in [-0.2, -0.15) is 0 Å².